The molecule has 0 saturated heterocycles. The van der Waals surface area contributed by atoms with E-state index < -0.39 is 0 Å². The molecule has 1 rings (SSSR count). The Morgan fingerprint density at radius 3 is 2.73 bits per heavy atom. The number of ether oxygens (including phenoxy) is 1. The third-order valence-corrected chi connectivity index (χ3v) is 2.26. The minimum absolute atomic E-state index is 0.709. The second-order valence-electron chi connectivity index (χ2n) is 3.60. The Morgan fingerprint density at radius 1 is 1.53 bits per heavy atom. The van der Waals surface area contributed by atoms with E-state index in [-0.39, 0.29) is 0 Å². The molecule has 0 radical (unpaired) electrons. The average Bonchev–Trinajstić information content (AvgIpc) is 2.26. The van der Waals surface area contributed by atoms with Gasteiger partial charge in [0.25, 0.3) is 0 Å². The quantitative estimate of drug-likeness (QED) is 0.738. The molecule has 0 aliphatic heterocycles. The van der Waals surface area contributed by atoms with Gasteiger partial charge in [-0.2, -0.15) is 0 Å². The SMILES string of the molecule is C=C(C)c1ccc(N(C)CCOC)nc1. The lowest BCUT2D eigenvalue weighted by atomic mass is 10.1. The number of likely N-dealkylation sites (N-methyl/N-ethyl adjacent to an activating group) is 1. The standard InChI is InChI=1S/C12H18N2O/c1-10(2)11-5-6-12(13-9-11)14(3)7-8-15-4/h5-6,9H,1,7-8H2,2-4H3. The van der Waals surface area contributed by atoms with E-state index in [1.807, 2.05) is 32.3 Å². The monoisotopic (exact) mass is 206 g/mol. The molecule has 0 fully saturated rings. The summed E-state index contributed by atoms with van der Waals surface area (Å²) in [7, 11) is 3.70. The van der Waals surface area contributed by atoms with Crippen molar-refractivity contribution in [2.75, 3.05) is 32.2 Å². The molecule has 82 valence electrons. The summed E-state index contributed by atoms with van der Waals surface area (Å²) in [6.07, 6.45) is 1.85. The van der Waals surface area contributed by atoms with E-state index in [0.29, 0.717) is 6.61 Å². The summed E-state index contributed by atoms with van der Waals surface area (Å²) in [4.78, 5) is 6.42. The normalized spacial score (nSPS) is 10.1. The van der Waals surface area contributed by atoms with E-state index in [2.05, 4.69) is 16.5 Å². The summed E-state index contributed by atoms with van der Waals surface area (Å²) in [5.41, 5.74) is 2.12. The predicted molar refractivity (Wildman–Crippen MR) is 64.1 cm³/mol. The van der Waals surface area contributed by atoms with Crippen LogP contribution in [0.3, 0.4) is 0 Å². The lowest BCUT2D eigenvalue weighted by Crippen LogP contribution is -2.22. The molecule has 0 aliphatic carbocycles. The van der Waals surface area contributed by atoms with Crippen molar-refractivity contribution in [3.63, 3.8) is 0 Å². The fraction of sp³-hybridized carbons (Fsp3) is 0.417. The molecule has 0 atom stereocenters. The van der Waals surface area contributed by atoms with Gasteiger partial charge in [-0.05, 0) is 30.2 Å². The first-order valence-corrected chi connectivity index (χ1v) is 4.97. The van der Waals surface area contributed by atoms with Crippen molar-refractivity contribution in [2.24, 2.45) is 0 Å². The van der Waals surface area contributed by atoms with E-state index in [4.69, 9.17) is 4.74 Å². The molecule has 0 unspecified atom stereocenters. The summed E-state index contributed by atoms with van der Waals surface area (Å²) >= 11 is 0. The topological polar surface area (TPSA) is 25.4 Å². The zero-order valence-corrected chi connectivity index (χ0v) is 9.66. The van der Waals surface area contributed by atoms with Gasteiger partial charge in [0.2, 0.25) is 0 Å². The Bertz CT molecular complexity index is 319. The van der Waals surface area contributed by atoms with Gasteiger partial charge in [-0.3, -0.25) is 0 Å². The molecule has 0 aliphatic rings. The predicted octanol–water partition coefficient (Wildman–Crippen LogP) is 2.20. The van der Waals surface area contributed by atoms with E-state index in [1.54, 1.807) is 7.11 Å². The van der Waals surface area contributed by atoms with Crippen LogP contribution < -0.4 is 4.90 Å². The van der Waals surface area contributed by atoms with Crippen LogP contribution in [0.2, 0.25) is 0 Å². The lowest BCUT2D eigenvalue weighted by Gasteiger charge is -2.17. The number of allylic oxidation sites excluding steroid dienone is 1. The summed E-state index contributed by atoms with van der Waals surface area (Å²) in [6.45, 7) is 7.41. The Labute approximate surface area is 91.4 Å². The molecule has 1 heterocycles. The van der Waals surface area contributed by atoms with Gasteiger partial charge in [0.05, 0.1) is 6.61 Å². The largest absolute Gasteiger partial charge is 0.383 e. The minimum atomic E-state index is 0.709. The number of pyridine rings is 1. The fourth-order valence-corrected chi connectivity index (χ4v) is 1.21. The maximum absolute atomic E-state index is 5.01. The van der Waals surface area contributed by atoms with Crippen molar-refractivity contribution in [3.8, 4) is 0 Å². The van der Waals surface area contributed by atoms with Crippen LogP contribution in [0, 0.1) is 0 Å². The molecule has 15 heavy (non-hydrogen) atoms. The van der Waals surface area contributed by atoms with Crippen molar-refractivity contribution < 1.29 is 4.74 Å². The van der Waals surface area contributed by atoms with Crippen molar-refractivity contribution in [1.82, 2.24) is 4.98 Å². The number of methoxy groups -OCH3 is 1. The first kappa shape index (κ1) is 11.7. The average molecular weight is 206 g/mol. The molecule has 1 aromatic heterocycles. The highest BCUT2D eigenvalue weighted by atomic mass is 16.5. The molecule has 0 N–H and O–H groups in total. The highest BCUT2D eigenvalue weighted by Gasteiger charge is 2.01. The Hall–Kier alpha value is -1.35. The van der Waals surface area contributed by atoms with E-state index in [1.165, 1.54) is 0 Å². The van der Waals surface area contributed by atoms with Crippen LogP contribution in [0.5, 0.6) is 0 Å². The van der Waals surface area contributed by atoms with Gasteiger partial charge in [0.1, 0.15) is 5.82 Å². The first-order valence-electron chi connectivity index (χ1n) is 4.97. The van der Waals surface area contributed by atoms with Gasteiger partial charge < -0.3 is 9.64 Å². The number of nitrogens with zero attached hydrogens (tertiary/aromatic N) is 2. The second-order valence-corrected chi connectivity index (χ2v) is 3.60. The molecule has 0 amide bonds. The number of anilines is 1. The Kier molecular flexibility index (Phi) is 4.31. The molecule has 0 saturated carbocycles. The van der Waals surface area contributed by atoms with E-state index in [0.717, 1.165) is 23.5 Å². The molecule has 0 aromatic carbocycles. The minimum Gasteiger partial charge on any atom is -0.383 e. The van der Waals surface area contributed by atoms with Gasteiger partial charge in [0.15, 0.2) is 0 Å². The molecular formula is C12H18N2O. The zero-order chi connectivity index (χ0) is 11.3. The molecule has 0 spiro atoms. The van der Waals surface area contributed by atoms with Crippen molar-refractivity contribution in [1.29, 1.82) is 0 Å². The summed E-state index contributed by atoms with van der Waals surface area (Å²) in [6, 6.07) is 4.04. The summed E-state index contributed by atoms with van der Waals surface area (Å²) in [5.74, 6) is 0.956. The van der Waals surface area contributed by atoms with Crippen LogP contribution >= 0.6 is 0 Å². The van der Waals surface area contributed by atoms with Crippen LogP contribution in [0.25, 0.3) is 5.57 Å². The van der Waals surface area contributed by atoms with Crippen molar-refractivity contribution in [3.05, 3.63) is 30.5 Å². The maximum atomic E-state index is 5.01. The molecule has 0 bridgehead atoms. The van der Waals surface area contributed by atoms with E-state index >= 15 is 0 Å². The van der Waals surface area contributed by atoms with Gasteiger partial charge >= 0.3 is 0 Å². The van der Waals surface area contributed by atoms with Crippen LogP contribution in [0.1, 0.15) is 12.5 Å². The van der Waals surface area contributed by atoms with Crippen molar-refractivity contribution >= 4 is 11.4 Å². The third-order valence-electron chi connectivity index (χ3n) is 2.26. The smallest absolute Gasteiger partial charge is 0.128 e. The summed E-state index contributed by atoms with van der Waals surface area (Å²) in [5, 5.41) is 0. The van der Waals surface area contributed by atoms with Crippen LogP contribution in [0.15, 0.2) is 24.9 Å². The Morgan fingerprint density at radius 2 is 2.27 bits per heavy atom. The highest BCUT2D eigenvalue weighted by molar-refractivity contribution is 5.61. The van der Waals surface area contributed by atoms with Crippen molar-refractivity contribution in [2.45, 2.75) is 6.92 Å². The van der Waals surface area contributed by atoms with Gasteiger partial charge in [0, 0.05) is 26.9 Å². The second kappa shape index (κ2) is 5.51. The van der Waals surface area contributed by atoms with Crippen LogP contribution in [-0.4, -0.2) is 32.3 Å². The third kappa shape index (κ3) is 3.36. The van der Waals surface area contributed by atoms with Gasteiger partial charge in [-0.25, -0.2) is 4.98 Å². The fourth-order valence-electron chi connectivity index (χ4n) is 1.21. The van der Waals surface area contributed by atoms with Crippen LogP contribution in [-0.2, 0) is 4.74 Å². The molecular weight excluding hydrogens is 188 g/mol. The summed E-state index contributed by atoms with van der Waals surface area (Å²) < 4.78 is 5.01. The molecule has 3 heteroatoms. The number of rotatable bonds is 5. The highest BCUT2D eigenvalue weighted by Crippen LogP contribution is 2.14. The number of hydrogen-bond acceptors (Lipinski definition) is 3. The first-order chi connectivity index (χ1) is 7.15. The Balaban J connectivity index is 2.66. The maximum Gasteiger partial charge on any atom is 0.128 e. The van der Waals surface area contributed by atoms with E-state index in [9.17, 15) is 0 Å². The zero-order valence-electron chi connectivity index (χ0n) is 9.66. The van der Waals surface area contributed by atoms with Gasteiger partial charge in [-0.15, -0.1) is 0 Å². The molecule has 3 nitrogen and oxygen atoms in total. The van der Waals surface area contributed by atoms with Gasteiger partial charge in [-0.1, -0.05) is 6.58 Å². The molecule has 1 aromatic rings. The number of aromatic nitrogens is 1. The van der Waals surface area contributed by atoms with Crippen LogP contribution in [0.4, 0.5) is 5.82 Å². The number of hydrogen-bond donors (Lipinski definition) is 0. The lowest BCUT2D eigenvalue weighted by molar-refractivity contribution is 0.206.